The lowest BCUT2D eigenvalue weighted by Crippen LogP contribution is -2.39. The molecule has 0 radical (unpaired) electrons. The molecule has 1 aliphatic heterocycles. The summed E-state index contributed by atoms with van der Waals surface area (Å²) in [6.45, 7) is 7.01. The summed E-state index contributed by atoms with van der Waals surface area (Å²) in [5.74, 6) is 1.70. The molecule has 0 aromatic rings. The van der Waals surface area contributed by atoms with Crippen molar-refractivity contribution in [3.63, 3.8) is 0 Å². The van der Waals surface area contributed by atoms with E-state index >= 15 is 0 Å². The molecule has 1 heterocycles. The van der Waals surface area contributed by atoms with Gasteiger partial charge in [-0.05, 0) is 38.1 Å². The van der Waals surface area contributed by atoms with Gasteiger partial charge < -0.3 is 0 Å². The maximum Gasteiger partial charge on any atom is 0.137 e. The highest BCUT2D eigenvalue weighted by molar-refractivity contribution is 5.83. The van der Waals surface area contributed by atoms with Gasteiger partial charge in [-0.25, -0.2) is 0 Å². The molecular weight excluding hydrogens is 198 g/mol. The monoisotopic (exact) mass is 223 g/mol. The van der Waals surface area contributed by atoms with E-state index in [9.17, 15) is 4.79 Å². The second-order valence-electron chi connectivity index (χ2n) is 5.68. The number of Topliss-reactive ketones (excluding diaryl/α,β-unsaturated/α-hetero) is 1. The van der Waals surface area contributed by atoms with Crippen LogP contribution in [0, 0.1) is 11.8 Å². The van der Waals surface area contributed by atoms with Crippen molar-refractivity contribution in [3.05, 3.63) is 0 Å². The van der Waals surface area contributed by atoms with E-state index in [0.717, 1.165) is 25.2 Å². The number of likely N-dealkylation sites (tertiary alicyclic amines) is 1. The van der Waals surface area contributed by atoms with Crippen LogP contribution in [-0.4, -0.2) is 29.8 Å². The fourth-order valence-corrected chi connectivity index (χ4v) is 3.31. The van der Waals surface area contributed by atoms with Crippen molar-refractivity contribution in [1.29, 1.82) is 0 Å². The number of nitrogens with zero attached hydrogens (tertiary/aromatic N) is 1. The van der Waals surface area contributed by atoms with E-state index in [1.54, 1.807) is 0 Å². The normalized spacial score (nSPS) is 33.5. The fourth-order valence-electron chi connectivity index (χ4n) is 3.31. The van der Waals surface area contributed by atoms with E-state index in [2.05, 4.69) is 18.7 Å². The number of rotatable bonds is 4. The molecule has 2 fully saturated rings. The summed E-state index contributed by atoms with van der Waals surface area (Å²) in [5.41, 5.74) is 0. The van der Waals surface area contributed by atoms with Gasteiger partial charge >= 0.3 is 0 Å². The van der Waals surface area contributed by atoms with Crippen molar-refractivity contribution in [2.75, 3.05) is 13.1 Å². The van der Waals surface area contributed by atoms with Gasteiger partial charge in [-0.3, -0.25) is 9.69 Å². The third kappa shape index (κ3) is 2.48. The molecule has 2 nitrogen and oxygen atoms in total. The lowest BCUT2D eigenvalue weighted by molar-refractivity contribution is -0.122. The Hall–Kier alpha value is -0.370. The third-order valence-electron chi connectivity index (χ3n) is 4.47. The largest absolute Gasteiger partial charge is 0.299 e. The molecule has 0 aromatic heterocycles. The van der Waals surface area contributed by atoms with Gasteiger partial charge in [-0.1, -0.05) is 20.3 Å². The summed E-state index contributed by atoms with van der Waals surface area (Å²) in [7, 11) is 0. The standard InChI is InChI=1S/C14H25NO/c1-3-11(2)10-15-9-5-7-13(15)12-6-4-8-14(12)16/h11-13H,3-10H2,1-2H3. The first-order chi connectivity index (χ1) is 7.72. The second kappa shape index (κ2) is 5.31. The summed E-state index contributed by atoms with van der Waals surface area (Å²) < 4.78 is 0. The van der Waals surface area contributed by atoms with Gasteiger partial charge in [0.25, 0.3) is 0 Å². The van der Waals surface area contributed by atoms with Gasteiger partial charge in [-0.15, -0.1) is 0 Å². The van der Waals surface area contributed by atoms with Crippen LogP contribution >= 0.6 is 0 Å². The molecule has 2 aliphatic rings. The highest BCUT2D eigenvalue weighted by Gasteiger charge is 2.37. The molecule has 0 bridgehead atoms. The number of carbonyl (C=O) groups excluding carboxylic acids is 1. The van der Waals surface area contributed by atoms with Crippen molar-refractivity contribution in [2.45, 2.75) is 58.4 Å². The zero-order valence-corrected chi connectivity index (χ0v) is 10.7. The van der Waals surface area contributed by atoms with Gasteiger partial charge in [0.05, 0.1) is 0 Å². The second-order valence-corrected chi connectivity index (χ2v) is 5.68. The van der Waals surface area contributed by atoms with Crippen molar-refractivity contribution >= 4 is 5.78 Å². The molecule has 2 heteroatoms. The summed E-state index contributed by atoms with van der Waals surface area (Å²) in [5, 5.41) is 0. The van der Waals surface area contributed by atoms with Crippen molar-refractivity contribution < 1.29 is 4.79 Å². The summed E-state index contributed by atoms with van der Waals surface area (Å²) in [4.78, 5) is 14.4. The van der Waals surface area contributed by atoms with Crippen LogP contribution in [0.2, 0.25) is 0 Å². The SMILES string of the molecule is CCC(C)CN1CCCC1C1CCCC1=O. The Labute approximate surface area is 99.4 Å². The lowest BCUT2D eigenvalue weighted by atomic mass is 9.94. The summed E-state index contributed by atoms with van der Waals surface area (Å²) >= 11 is 0. The van der Waals surface area contributed by atoms with Crippen LogP contribution in [0.5, 0.6) is 0 Å². The molecule has 0 amide bonds. The average Bonchev–Trinajstić information content (AvgIpc) is 2.86. The zero-order valence-electron chi connectivity index (χ0n) is 10.7. The minimum absolute atomic E-state index is 0.381. The maximum absolute atomic E-state index is 11.8. The molecular formula is C14H25NO. The van der Waals surface area contributed by atoms with Crippen molar-refractivity contribution in [3.8, 4) is 0 Å². The molecule has 2 rings (SSSR count). The van der Waals surface area contributed by atoms with Crippen LogP contribution in [0.15, 0.2) is 0 Å². The minimum Gasteiger partial charge on any atom is -0.299 e. The van der Waals surface area contributed by atoms with Crippen molar-refractivity contribution in [2.24, 2.45) is 11.8 Å². The van der Waals surface area contributed by atoms with Gasteiger partial charge in [0.1, 0.15) is 5.78 Å². The van der Waals surface area contributed by atoms with E-state index in [1.165, 1.54) is 32.4 Å². The Morgan fingerprint density at radius 3 is 2.81 bits per heavy atom. The smallest absolute Gasteiger partial charge is 0.137 e. The van der Waals surface area contributed by atoms with Crippen LogP contribution in [0.3, 0.4) is 0 Å². The van der Waals surface area contributed by atoms with Crippen LogP contribution in [0.1, 0.15) is 52.4 Å². The molecule has 3 atom stereocenters. The van der Waals surface area contributed by atoms with E-state index in [0.29, 0.717) is 17.7 Å². The highest BCUT2D eigenvalue weighted by atomic mass is 16.1. The average molecular weight is 223 g/mol. The van der Waals surface area contributed by atoms with E-state index < -0.39 is 0 Å². The molecule has 16 heavy (non-hydrogen) atoms. The van der Waals surface area contributed by atoms with E-state index in [1.807, 2.05) is 0 Å². The molecule has 0 spiro atoms. The first kappa shape index (κ1) is 12.1. The van der Waals surface area contributed by atoms with Crippen LogP contribution in [0.4, 0.5) is 0 Å². The maximum atomic E-state index is 11.8. The number of hydrogen-bond donors (Lipinski definition) is 0. The molecule has 0 aromatic carbocycles. The van der Waals surface area contributed by atoms with Crippen LogP contribution in [-0.2, 0) is 4.79 Å². The quantitative estimate of drug-likeness (QED) is 0.730. The molecule has 1 saturated heterocycles. The molecule has 3 unspecified atom stereocenters. The lowest BCUT2D eigenvalue weighted by Gasteiger charge is -2.30. The Kier molecular flexibility index (Phi) is 4.01. The Morgan fingerprint density at radius 2 is 2.19 bits per heavy atom. The number of hydrogen-bond acceptors (Lipinski definition) is 2. The Bertz CT molecular complexity index is 251. The summed E-state index contributed by atoms with van der Waals surface area (Å²) in [6, 6.07) is 0.587. The molecule has 0 N–H and O–H groups in total. The van der Waals surface area contributed by atoms with Gasteiger partial charge in [0.2, 0.25) is 0 Å². The molecule has 1 aliphatic carbocycles. The predicted octanol–water partition coefficient (Wildman–Crippen LogP) is 2.87. The number of carbonyl (C=O) groups is 1. The predicted molar refractivity (Wildman–Crippen MR) is 66.4 cm³/mol. The highest BCUT2D eigenvalue weighted by Crippen LogP contribution is 2.33. The summed E-state index contributed by atoms with van der Waals surface area (Å²) in [6.07, 6.45) is 6.94. The first-order valence-electron chi connectivity index (χ1n) is 6.99. The van der Waals surface area contributed by atoms with Gasteiger partial charge in [0.15, 0.2) is 0 Å². The minimum atomic E-state index is 0.381. The first-order valence-corrected chi connectivity index (χ1v) is 6.99. The van der Waals surface area contributed by atoms with E-state index in [4.69, 9.17) is 0 Å². The topological polar surface area (TPSA) is 20.3 Å². The van der Waals surface area contributed by atoms with E-state index in [-0.39, 0.29) is 0 Å². The van der Waals surface area contributed by atoms with Crippen molar-refractivity contribution in [1.82, 2.24) is 4.90 Å². The van der Waals surface area contributed by atoms with Crippen LogP contribution < -0.4 is 0 Å². The van der Waals surface area contributed by atoms with Crippen LogP contribution in [0.25, 0.3) is 0 Å². The Balaban J connectivity index is 1.94. The van der Waals surface area contributed by atoms with Gasteiger partial charge in [0, 0.05) is 24.9 Å². The fraction of sp³-hybridized carbons (Fsp3) is 0.929. The van der Waals surface area contributed by atoms with Gasteiger partial charge in [-0.2, -0.15) is 0 Å². The number of ketones is 1. The third-order valence-corrected chi connectivity index (χ3v) is 4.47. The molecule has 92 valence electrons. The molecule has 1 saturated carbocycles. The Morgan fingerprint density at radius 1 is 1.38 bits per heavy atom. The zero-order chi connectivity index (χ0) is 11.5.